The van der Waals surface area contributed by atoms with E-state index < -0.39 is 17.0 Å². The molecule has 1 aromatic rings. The summed E-state index contributed by atoms with van der Waals surface area (Å²) in [4.78, 5) is 22.8. The molecule has 19 heavy (non-hydrogen) atoms. The first-order chi connectivity index (χ1) is 9.11. The SMILES string of the molecule is O=C(O)C(C(=O)S)c1ccccc1C1CCCCC1. The van der Waals surface area contributed by atoms with Crippen LogP contribution < -0.4 is 0 Å². The molecule has 1 N–H and O–H groups in total. The van der Waals surface area contributed by atoms with E-state index in [1.807, 2.05) is 12.1 Å². The van der Waals surface area contributed by atoms with Gasteiger partial charge < -0.3 is 5.11 Å². The Labute approximate surface area is 118 Å². The Kier molecular flexibility index (Phi) is 4.64. The van der Waals surface area contributed by atoms with Crippen LogP contribution in [0.4, 0.5) is 0 Å². The van der Waals surface area contributed by atoms with Crippen LogP contribution in [0.2, 0.25) is 0 Å². The van der Waals surface area contributed by atoms with Crippen molar-refractivity contribution in [3.63, 3.8) is 0 Å². The molecule has 1 fully saturated rings. The molecule has 0 radical (unpaired) electrons. The van der Waals surface area contributed by atoms with Gasteiger partial charge in [-0.2, -0.15) is 0 Å². The molecule has 102 valence electrons. The van der Waals surface area contributed by atoms with Crippen molar-refractivity contribution in [1.82, 2.24) is 0 Å². The lowest BCUT2D eigenvalue weighted by Gasteiger charge is -2.25. The highest BCUT2D eigenvalue weighted by atomic mass is 32.1. The van der Waals surface area contributed by atoms with Gasteiger partial charge in [0.1, 0.15) is 0 Å². The van der Waals surface area contributed by atoms with Crippen molar-refractivity contribution in [1.29, 1.82) is 0 Å². The average Bonchev–Trinajstić information content (AvgIpc) is 2.39. The number of carboxylic acid groups (broad SMARTS) is 1. The molecule has 1 aromatic carbocycles. The third-order valence-corrected chi connectivity index (χ3v) is 4.10. The van der Waals surface area contributed by atoms with Crippen LogP contribution >= 0.6 is 12.6 Å². The highest BCUT2D eigenvalue weighted by molar-refractivity contribution is 7.96. The lowest BCUT2D eigenvalue weighted by molar-refractivity contribution is -0.140. The Hall–Kier alpha value is -1.29. The lowest BCUT2D eigenvalue weighted by atomic mass is 9.80. The molecule has 1 aliphatic carbocycles. The molecule has 0 spiro atoms. The van der Waals surface area contributed by atoms with Gasteiger partial charge in [-0.05, 0) is 29.9 Å². The van der Waals surface area contributed by atoms with E-state index >= 15 is 0 Å². The van der Waals surface area contributed by atoms with E-state index in [2.05, 4.69) is 12.6 Å². The van der Waals surface area contributed by atoms with Crippen LogP contribution in [0.1, 0.15) is 55.1 Å². The highest BCUT2D eigenvalue weighted by Crippen LogP contribution is 2.37. The molecular weight excluding hydrogens is 260 g/mol. The van der Waals surface area contributed by atoms with Gasteiger partial charge in [0.2, 0.25) is 5.12 Å². The molecule has 1 saturated carbocycles. The van der Waals surface area contributed by atoms with E-state index in [9.17, 15) is 14.7 Å². The minimum atomic E-state index is -1.15. The van der Waals surface area contributed by atoms with Crippen LogP contribution in [-0.2, 0) is 9.59 Å². The summed E-state index contributed by atoms with van der Waals surface area (Å²) in [5.41, 5.74) is 1.62. The second kappa shape index (κ2) is 6.24. The van der Waals surface area contributed by atoms with E-state index in [0.29, 0.717) is 11.5 Å². The van der Waals surface area contributed by atoms with Crippen LogP contribution in [0.5, 0.6) is 0 Å². The van der Waals surface area contributed by atoms with Gasteiger partial charge in [0.15, 0.2) is 5.92 Å². The zero-order valence-electron chi connectivity index (χ0n) is 10.7. The van der Waals surface area contributed by atoms with E-state index in [1.165, 1.54) is 19.3 Å². The second-order valence-electron chi connectivity index (χ2n) is 5.07. The zero-order valence-corrected chi connectivity index (χ0v) is 11.6. The van der Waals surface area contributed by atoms with Gasteiger partial charge in [0, 0.05) is 0 Å². The first-order valence-electron chi connectivity index (χ1n) is 6.65. The van der Waals surface area contributed by atoms with Gasteiger partial charge in [-0.1, -0.05) is 43.5 Å². The van der Waals surface area contributed by atoms with Crippen molar-refractivity contribution in [2.24, 2.45) is 0 Å². The van der Waals surface area contributed by atoms with Crippen molar-refractivity contribution in [2.75, 3.05) is 0 Å². The van der Waals surface area contributed by atoms with Crippen molar-refractivity contribution < 1.29 is 14.7 Å². The molecule has 0 amide bonds. The standard InChI is InChI=1S/C15H18O3S/c16-14(17)13(15(18)19)12-9-5-4-8-11(12)10-6-2-1-3-7-10/h4-5,8-10,13H,1-3,6-7H2,(H,16,17)(H,18,19). The van der Waals surface area contributed by atoms with E-state index in [-0.39, 0.29) is 0 Å². The van der Waals surface area contributed by atoms with Crippen LogP contribution in [0, 0.1) is 0 Å². The van der Waals surface area contributed by atoms with E-state index in [1.54, 1.807) is 12.1 Å². The number of rotatable bonds is 4. The maximum Gasteiger partial charge on any atom is 0.319 e. The molecule has 3 nitrogen and oxygen atoms in total. The predicted molar refractivity (Wildman–Crippen MR) is 76.6 cm³/mol. The first kappa shape index (κ1) is 14.1. The maximum absolute atomic E-state index is 11.5. The fourth-order valence-corrected chi connectivity index (χ4v) is 3.18. The summed E-state index contributed by atoms with van der Waals surface area (Å²) in [6.07, 6.45) is 5.73. The fourth-order valence-electron chi connectivity index (χ4n) is 2.93. The molecule has 1 atom stereocenters. The number of carbonyl (C=O) groups excluding carboxylic acids is 1. The summed E-state index contributed by atoms with van der Waals surface area (Å²) >= 11 is 3.74. The second-order valence-corrected chi connectivity index (χ2v) is 5.51. The largest absolute Gasteiger partial charge is 0.480 e. The number of hydrogen-bond donors (Lipinski definition) is 2. The maximum atomic E-state index is 11.5. The Morgan fingerprint density at radius 3 is 2.37 bits per heavy atom. The molecule has 2 rings (SSSR count). The van der Waals surface area contributed by atoms with E-state index in [4.69, 9.17) is 0 Å². The van der Waals surface area contributed by atoms with Gasteiger partial charge in [0.05, 0.1) is 0 Å². The molecule has 0 aliphatic heterocycles. The summed E-state index contributed by atoms with van der Waals surface area (Å²) < 4.78 is 0. The van der Waals surface area contributed by atoms with Gasteiger partial charge in [-0.15, -0.1) is 12.6 Å². The van der Waals surface area contributed by atoms with Crippen molar-refractivity contribution in [3.8, 4) is 0 Å². The number of aliphatic carboxylic acids is 1. The summed E-state index contributed by atoms with van der Waals surface area (Å²) in [7, 11) is 0. The number of carboxylic acids is 1. The molecule has 0 saturated heterocycles. The van der Waals surface area contributed by atoms with Gasteiger partial charge >= 0.3 is 5.97 Å². The Morgan fingerprint density at radius 1 is 1.16 bits per heavy atom. The van der Waals surface area contributed by atoms with Crippen molar-refractivity contribution in [3.05, 3.63) is 35.4 Å². The molecular formula is C15H18O3S. The topological polar surface area (TPSA) is 54.4 Å². The molecule has 0 aromatic heterocycles. The normalized spacial score (nSPS) is 17.9. The minimum absolute atomic E-state index is 0.375. The number of carbonyl (C=O) groups is 2. The highest BCUT2D eigenvalue weighted by Gasteiger charge is 2.30. The van der Waals surface area contributed by atoms with Crippen molar-refractivity contribution >= 4 is 23.7 Å². The Balaban J connectivity index is 2.39. The van der Waals surface area contributed by atoms with Gasteiger partial charge in [0.25, 0.3) is 0 Å². The summed E-state index contributed by atoms with van der Waals surface area (Å²) in [5.74, 6) is -1.90. The smallest absolute Gasteiger partial charge is 0.319 e. The number of hydrogen-bond acceptors (Lipinski definition) is 2. The first-order valence-corrected chi connectivity index (χ1v) is 7.10. The fraction of sp³-hybridized carbons (Fsp3) is 0.467. The predicted octanol–water partition coefficient (Wildman–Crippen LogP) is 3.36. The number of thiol groups is 1. The molecule has 4 heteroatoms. The van der Waals surface area contributed by atoms with E-state index in [0.717, 1.165) is 18.4 Å². The third kappa shape index (κ3) is 3.18. The Bertz CT molecular complexity index is 464. The van der Waals surface area contributed by atoms with Crippen LogP contribution in [0.25, 0.3) is 0 Å². The molecule has 0 bridgehead atoms. The quantitative estimate of drug-likeness (QED) is 0.656. The van der Waals surface area contributed by atoms with Crippen molar-refractivity contribution in [2.45, 2.75) is 43.9 Å². The third-order valence-electron chi connectivity index (χ3n) is 3.85. The summed E-state index contributed by atoms with van der Waals surface area (Å²) in [6, 6.07) is 7.40. The van der Waals surface area contributed by atoms with Gasteiger partial charge in [-0.3, -0.25) is 9.59 Å². The van der Waals surface area contributed by atoms with Gasteiger partial charge in [-0.25, -0.2) is 0 Å². The summed E-state index contributed by atoms with van der Waals surface area (Å²) in [5, 5.41) is 8.65. The monoisotopic (exact) mass is 278 g/mol. The number of benzene rings is 1. The molecule has 0 heterocycles. The van der Waals surface area contributed by atoms with Crippen LogP contribution in [0.15, 0.2) is 24.3 Å². The minimum Gasteiger partial charge on any atom is -0.480 e. The van der Waals surface area contributed by atoms with Crippen LogP contribution in [0.3, 0.4) is 0 Å². The zero-order chi connectivity index (χ0) is 13.8. The Morgan fingerprint density at radius 2 is 1.79 bits per heavy atom. The lowest BCUT2D eigenvalue weighted by Crippen LogP contribution is -2.20. The molecule has 1 aliphatic rings. The van der Waals surface area contributed by atoms with Crippen LogP contribution in [-0.4, -0.2) is 16.2 Å². The average molecular weight is 278 g/mol. The molecule has 1 unspecified atom stereocenters. The summed E-state index contributed by atoms with van der Waals surface area (Å²) in [6.45, 7) is 0.